The quantitative estimate of drug-likeness (QED) is 0.803. The Morgan fingerprint density at radius 3 is 2.96 bits per heavy atom. The third kappa shape index (κ3) is 3.40. The Morgan fingerprint density at radius 2 is 2.20 bits per heavy atom. The number of ether oxygens (including phenoxy) is 1. The van der Waals surface area contributed by atoms with Crippen LogP contribution in [-0.2, 0) is 16.0 Å². The number of carbonyl (C=O) groups is 1. The van der Waals surface area contributed by atoms with Gasteiger partial charge in [-0.2, -0.15) is 0 Å². The number of thioether (sulfide) groups is 1. The van der Waals surface area contributed by atoms with Crippen LogP contribution < -0.4 is 0 Å². The number of fused-ring (bicyclic) bond motifs is 1. The monoisotopic (exact) mass is 353 g/mol. The van der Waals surface area contributed by atoms with Gasteiger partial charge in [0.15, 0.2) is 5.76 Å². The molecule has 1 aromatic rings. The molecule has 0 bridgehead atoms. The lowest BCUT2D eigenvalue weighted by Gasteiger charge is -2.36. The second kappa shape index (κ2) is 7.12. The van der Waals surface area contributed by atoms with Gasteiger partial charge < -0.3 is 9.64 Å². The zero-order chi connectivity index (χ0) is 17.2. The van der Waals surface area contributed by atoms with Gasteiger partial charge in [0.25, 0.3) is 0 Å². The number of ketones is 1. The number of carbonyl (C=O) groups excluding carboxylic acids is 1. The van der Waals surface area contributed by atoms with Crippen molar-refractivity contribution in [1.82, 2.24) is 4.90 Å². The molecular weight excluding hydrogens is 330 g/mol. The van der Waals surface area contributed by atoms with Crippen molar-refractivity contribution in [3.05, 3.63) is 70.5 Å². The second-order valence-electron chi connectivity index (χ2n) is 6.81. The summed E-state index contributed by atoms with van der Waals surface area (Å²) in [6.07, 6.45) is 10.2. The van der Waals surface area contributed by atoms with E-state index in [0.717, 1.165) is 12.1 Å². The molecule has 0 fully saturated rings. The topological polar surface area (TPSA) is 29.5 Å². The van der Waals surface area contributed by atoms with Crippen LogP contribution in [0.25, 0.3) is 0 Å². The van der Waals surface area contributed by atoms with Crippen LogP contribution in [0.3, 0.4) is 0 Å². The van der Waals surface area contributed by atoms with Crippen LogP contribution in [0.1, 0.15) is 36.9 Å². The largest absolute Gasteiger partial charge is 0.485 e. The highest BCUT2D eigenvalue weighted by atomic mass is 32.2. The molecule has 2 aliphatic heterocycles. The van der Waals surface area contributed by atoms with Gasteiger partial charge in [0.1, 0.15) is 6.61 Å². The minimum Gasteiger partial charge on any atom is -0.485 e. The molecule has 1 aromatic carbocycles. The van der Waals surface area contributed by atoms with Gasteiger partial charge >= 0.3 is 0 Å². The first-order valence-electron chi connectivity index (χ1n) is 8.96. The molecule has 0 saturated carbocycles. The first-order valence-corrected chi connectivity index (χ1v) is 9.90. The minimum atomic E-state index is -0.00672. The first kappa shape index (κ1) is 16.5. The first-order chi connectivity index (χ1) is 12.2. The van der Waals surface area contributed by atoms with Gasteiger partial charge in [-0.1, -0.05) is 30.3 Å². The zero-order valence-electron chi connectivity index (χ0n) is 14.5. The molecule has 3 nitrogen and oxygen atoms in total. The predicted molar refractivity (Wildman–Crippen MR) is 102 cm³/mol. The van der Waals surface area contributed by atoms with Crippen molar-refractivity contribution in [2.75, 3.05) is 13.2 Å². The van der Waals surface area contributed by atoms with Gasteiger partial charge in [-0.25, -0.2) is 0 Å². The van der Waals surface area contributed by atoms with E-state index in [1.165, 1.54) is 42.2 Å². The second-order valence-corrected chi connectivity index (χ2v) is 8.03. The molecule has 3 aliphatic rings. The van der Waals surface area contributed by atoms with Crippen molar-refractivity contribution in [2.45, 2.75) is 37.5 Å². The Hall–Kier alpha value is -1.94. The van der Waals surface area contributed by atoms with E-state index in [4.69, 9.17) is 4.74 Å². The van der Waals surface area contributed by atoms with Gasteiger partial charge in [0.05, 0.1) is 11.3 Å². The average molecular weight is 353 g/mol. The maximum atomic E-state index is 11.9. The van der Waals surface area contributed by atoms with E-state index in [2.05, 4.69) is 47.5 Å². The molecule has 0 N–H and O–H groups in total. The number of hydrogen-bond acceptors (Lipinski definition) is 4. The van der Waals surface area contributed by atoms with Crippen LogP contribution in [0.4, 0.5) is 0 Å². The summed E-state index contributed by atoms with van der Waals surface area (Å²) in [6, 6.07) is 9.28. The highest BCUT2D eigenvalue weighted by Crippen LogP contribution is 2.35. The van der Waals surface area contributed by atoms with E-state index in [-0.39, 0.29) is 11.0 Å². The summed E-state index contributed by atoms with van der Waals surface area (Å²) in [7, 11) is 0. The average Bonchev–Trinajstić information content (AvgIpc) is 2.98. The molecule has 2 unspecified atom stereocenters. The van der Waals surface area contributed by atoms with Crippen molar-refractivity contribution in [2.24, 2.45) is 0 Å². The van der Waals surface area contributed by atoms with E-state index in [1.54, 1.807) is 0 Å². The highest BCUT2D eigenvalue weighted by Gasteiger charge is 2.26. The lowest BCUT2D eigenvalue weighted by molar-refractivity contribution is -0.117. The van der Waals surface area contributed by atoms with Crippen molar-refractivity contribution in [3.63, 3.8) is 0 Å². The third-order valence-corrected chi connectivity index (χ3v) is 6.14. The van der Waals surface area contributed by atoms with E-state index in [9.17, 15) is 4.79 Å². The zero-order valence-corrected chi connectivity index (χ0v) is 15.3. The summed E-state index contributed by atoms with van der Waals surface area (Å²) in [4.78, 5) is 14.3. The third-order valence-electron chi connectivity index (χ3n) is 5.17. The summed E-state index contributed by atoms with van der Waals surface area (Å²) in [5.74, 6) is 0.612. The number of benzene rings is 1. The smallest absolute Gasteiger partial charge is 0.210 e. The summed E-state index contributed by atoms with van der Waals surface area (Å²) in [6.45, 7) is 3.28. The molecule has 25 heavy (non-hydrogen) atoms. The Bertz CT molecular complexity index is 765. The van der Waals surface area contributed by atoms with Gasteiger partial charge in [0, 0.05) is 18.2 Å². The Kier molecular flexibility index (Phi) is 4.71. The number of aryl methyl sites for hydroxylation is 1. The Balaban J connectivity index is 1.37. The molecule has 4 rings (SSSR count). The number of rotatable bonds is 4. The number of Topliss-reactive ketones (excluding diaryl/α,β-unsaturated/α-hetero) is 1. The standard InChI is InChI=1S/C21H23NO2S/c1-15-21(23)20(14-25-15)24-13-16-9-11-22(12-10-16)19-8-4-6-17-5-2-3-7-18(17)19/h2-3,5,7,9-11,14-15,19H,4,6,8,12-13H2,1H3. The van der Waals surface area contributed by atoms with E-state index < -0.39 is 0 Å². The number of nitrogens with zero attached hydrogens (tertiary/aromatic N) is 1. The Labute approximate surface area is 153 Å². The van der Waals surface area contributed by atoms with E-state index in [0.29, 0.717) is 18.4 Å². The SMILES string of the molecule is CC1SC=C(OCC2=CCN(C3CCCc4ccccc43)C=C2)C1=O. The lowest BCUT2D eigenvalue weighted by atomic mass is 9.86. The van der Waals surface area contributed by atoms with Gasteiger partial charge in [0.2, 0.25) is 5.78 Å². The molecule has 130 valence electrons. The maximum absolute atomic E-state index is 11.9. The molecular formula is C21H23NO2S. The predicted octanol–water partition coefficient (Wildman–Crippen LogP) is 4.38. The van der Waals surface area contributed by atoms with Gasteiger partial charge in [-0.3, -0.25) is 4.79 Å². The van der Waals surface area contributed by atoms with Crippen molar-refractivity contribution in [1.29, 1.82) is 0 Å². The van der Waals surface area contributed by atoms with E-state index >= 15 is 0 Å². The van der Waals surface area contributed by atoms with Crippen LogP contribution in [-0.4, -0.2) is 29.1 Å². The van der Waals surface area contributed by atoms with Crippen molar-refractivity contribution >= 4 is 17.5 Å². The highest BCUT2D eigenvalue weighted by molar-refractivity contribution is 8.03. The summed E-state index contributed by atoms with van der Waals surface area (Å²) in [5.41, 5.74) is 4.10. The fraction of sp³-hybridized carbons (Fsp3) is 0.381. The van der Waals surface area contributed by atoms with Crippen LogP contribution in [0, 0.1) is 0 Å². The van der Waals surface area contributed by atoms with Crippen molar-refractivity contribution in [3.8, 4) is 0 Å². The minimum absolute atomic E-state index is 0.00672. The van der Waals surface area contributed by atoms with Crippen molar-refractivity contribution < 1.29 is 9.53 Å². The van der Waals surface area contributed by atoms with Gasteiger partial charge in [-0.05, 0) is 49.0 Å². The van der Waals surface area contributed by atoms with Gasteiger partial charge in [-0.15, -0.1) is 11.8 Å². The molecule has 0 radical (unpaired) electrons. The normalized spacial score (nSPS) is 25.5. The molecule has 0 spiro atoms. The number of hydrogen-bond donors (Lipinski definition) is 0. The Morgan fingerprint density at radius 1 is 1.32 bits per heavy atom. The molecule has 4 heteroatoms. The fourth-order valence-corrected chi connectivity index (χ4v) is 4.46. The maximum Gasteiger partial charge on any atom is 0.210 e. The molecule has 0 amide bonds. The molecule has 0 aromatic heterocycles. The fourth-order valence-electron chi connectivity index (χ4n) is 3.70. The molecule has 1 aliphatic carbocycles. The van der Waals surface area contributed by atoms with E-state index in [1.807, 2.05) is 12.3 Å². The van der Waals surface area contributed by atoms with Crippen LogP contribution >= 0.6 is 11.8 Å². The summed E-state index contributed by atoms with van der Waals surface area (Å²) >= 11 is 1.53. The van der Waals surface area contributed by atoms with Crippen LogP contribution in [0.15, 0.2) is 59.4 Å². The molecule has 2 atom stereocenters. The van der Waals surface area contributed by atoms with Crippen LogP contribution in [0.5, 0.6) is 0 Å². The molecule has 0 saturated heterocycles. The number of allylic oxidation sites excluding steroid dienone is 1. The summed E-state index contributed by atoms with van der Waals surface area (Å²) < 4.78 is 5.71. The summed E-state index contributed by atoms with van der Waals surface area (Å²) in [5, 5.41) is 1.83. The molecule has 2 heterocycles. The van der Waals surface area contributed by atoms with Crippen LogP contribution in [0.2, 0.25) is 0 Å². The lowest BCUT2D eigenvalue weighted by Crippen LogP contribution is -2.29.